The average Bonchev–Trinajstić information content (AvgIpc) is 3.37. The topological polar surface area (TPSA) is 151 Å². The lowest BCUT2D eigenvalue weighted by molar-refractivity contribution is -0.384. The van der Waals surface area contributed by atoms with Crippen LogP contribution in [-0.4, -0.2) is 63.6 Å². The van der Waals surface area contributed by atoms with Gasteiger partial charge in [-0.1, -0.05) is 13.8 Å². The number of carbonyl (C=O) groups excluding carboxylic acids is 2. The first-order valence-electron chi connectivity index (χ1n) is 13.1. The Labute approximate surface area is 238 Å². The van der Waals surface area contributed by atoms with Crippen molar-refractivity contribution in [3.8, 4) is 0 Å². The fourth-order valence-electron chi connectivity index (χ4n) is 3.53. The van der Waals surface area contributed by atoms with Gasteiger partial charge in [-0.2, -0.15) is 5.06 Å². The average molecular weight is 582 g/mol. The van der Waals surface area contributed by atoms with Gasteiger partial charge < -0.3 is 19.3 Å². The van der Waals surface area contributed by atoms with E-state index in [9.17, 15) is 24.8 Å². The van der Waals surface area contributed by atoms with Gasteiger partial charge in [-0.15, -0.1) is 11.3 Å². The molecular formula is C27H39N3O9S. The number of rotatable bonds is 15. The van der Waals surface area contributed by atoms with Gasteiger partial charge in [0.15, 0.2) is 5.69 Å². The van der Waals surface area contributed by atoms with Gasteiger partial charge >= 0.3 is 12.1 Å². The van der Waals surface area contributed by atoms with Crippen LogP contribution in [-0.2, 0) is 25.7 Å². The van der Waals surface area contributed by atoms with Gasteiger partial charge in [0.1, 0.15) is 16.7 Å². The number of amides is 1. The molecule has 0 unspecified atom stereocenters. The normalized spacial score (nSPS) is 13.1. The number of benzene rings is 1. The number of ether oxygens (including phenoxy) is 3. The van der Waals surface area contributed by atoms with Crippen molar-refractivity contribution in [1.29, 1.82) is 0 Å². The first kappa shape index (κ1) is 33.1. The second kappa shape index (κ2) is 15.6. The van der Waals surface area contributed by atoms with E-state index in [1.807, 2.05) is 13.8 Å². The molecule has 2 atom stereocenters. The quantitative estimate of drug-likeness (QED) is 0.124. The van der Waals surface area contributed by atoms with Crippen LogP contribution in [0.2, 0.25) is 0 Å². The summed E-state index contributed by atoms with van der Waals surface area (Å²) in [6.07, 6.45) is -1.19. The van der Waals surface area contributed by atoms with Crippen LogP contribution in [0.1, 0.15) is 81.5 Å². The van der Waals surface area contributed by atoms with Gasteiger partial charge in [-0.3, -0.25) is 15.0 Å². The Balaban J connectivity index is 2.01. The van der Waals surface area contributed by atoms with E-state index in [-0.39, 0.29) is 43.5 Å². The lowest BCUT2D eigenvalue weighted by Gasteiger charge is -2.35. The Morgan fingerprint density at radius 3 is 2.42 bits per heavy atom. The fourth-order valence-corrected chi connectivity index (χ4v) is 4.31. The third-order valence-corrected chi connectivity index (χ3v) is 6.43. The van der Waals surface area contributed by atoms with Crippen molar-refractivity contribution >= 4 is 29.1 Å². The minimum atomic E-state index is -1.06. The van der Waals surface area contributed by atoms with Gasteiger partial charge in [0.05, 0.1) is 30.8 Å². The van der Waals surface area contributed by atoms with Crippen molar-refractivity contribution in [1.82, 2.24) is 10.0 Å². The number of carbonyl (C=O) groups is 2. The largest absolute Gasteiger partial charge is 0.461 e. The van der Waals surface area contributed by atoms with Crippen LogP contribution in [0.15, 0.2) is 29.6 Å². The zero-order chi connectivity index (χ0) is 29.9. The van der Waals surface area contributed by atoms with Crippen molar-refractivity contribution in [2.75, 3.05) is 19.8 Å². The number of aromatic nitrogens is 1. The van der Waals surface area contributed by atoms with Crippen molar-refractivity contribution in [2.24, 2.45) is 5.92 Å². The number of nitrogens with zero attached hydrogens (tertiary/aromatic N) is 3. The van der Waals surface area contributed by atoms with Crippen LogP contribution >= 0.6 is 11.3 Å². The number of esters is 1. The minimum Gasteiger partial charge on any atom is -0.461 e. The summed E-state index contributed by atoms with van der Waals surface area (Å²) < 4.78 is 16.2. The summed E-state index contributed by atoms with van der Waals surface area (Å²) in [6, 6.07) is 5.54. The summed E-state index contributed by atoms with van der Waals surface area (Å²) in [4.78, 5) is 45.5. The van der Waals surface area contributed by atoms with Gasteiger partial charge in [-0.25, -0.2) is 14.6 Å². The number of nitro groups is 1. The minimum absolute atomic E-state index is 0.0125. The SMILES string of the molecule is CCOC(=O)c1csc([C@H](O)C[C@H](C(C)C)N(OCCCOCc2ccc([N+](=O)[O-])cc2)C(=O)OC(C)(C)C)n1. The van der Waals surface area contributed by atoms with Crippen molar-refractivity contribution < 1.29 is 38.7 Å². The number of aliphatic hydroxyl groups is 1. The molecule has 1 aromatic carbocycles. The van der Waals surface area contributed by atoms with E-state index in [4.69, 9.17) is 19.0 Å². The van der Waals surface area contributed by atoms with Crippen molar-refractivity contribution in [3.05, 3.63) is 56.0 Å². The molecule has 0 saturated heterocycles. The summed E-state index contributed by atoms with van der Waals surface area (Å²) in [7, 11) is 0. The lowest BCUT2D eigenvalue weighted by Crippen LogP contribution is -2.46. The number of thiazole rings is 1. The molecule has 0 aliphatic rings. The number of hydrogen-bond donors (Lipinski definition) is 1. The van der Waals surface area contributed by atoms with Gasteiger partial charge in [0.2, 0.25) is 0 Å². The van der Waals surface area contributed by atoms with Crippen molar-refractivity contribution in [3.63, 3.8) is 0 Å². The molecule has 0 fully saturated rings. The summed E-state index contributed by atoms with van der Waals surface area (Å²) in [5, 5.41) is 24.7. The monoisotopic (exact) mass is 581 g/mol. The molecule has 222 valence electrons. The zero-order valence-electron chi connectivity index (χ0n) is 23.8. The smallest absolute Gasteiger partial charge is 0.434 e. The van der Waals surface area contributed by atoms with E-state index in [0.29, 0.717) is 18.0 Å². The van der Waals surface area contributed by atoms with E-state index in [2.05, 4.69) is 4.98 Å². The van der Waals surface area contributed by atoms with Crippen LogP contribution in [0.4, 0.5) is 10.5 Å². The molecule has 0 aliphatic carbocycles. The summed E-state index contributed by atoms with van der Waals surface area (Å²) in [6.45, 7) is 11.7. The lowest BCUT2D eigenvalue weighted by atomic mass is 9.98. The molecular weight excluding hydrogens is 542 g/mol. The summed E-state index contributed by atoms with van der Waals surface area (Å²) in [5.41, 5.74) is 0.162. The molecule has 0 bridgehead atoms. The Morgan fingerprint density at radius 1 is 1.18 bits per heavy atom. The predicted octanol–water partition coefficient (Wildman–Crippen LogP) is 5.45. The van der Waals surface area contributed by atoms with Gasteiger partial charge in [0.25, 0.3) is 5.69 Å². The Bertz CT molecular complexity index is 1100. The van der Waals surface area contributed by atoms with Crippen LogP contribution in [0, 0.1) is 16.0 Å². The summed E-state index contributed by atoms with van der Waals surface area (Å²) >= 11 is 1.14. The maximum atomic E-state index is 13.1. The van der Waals surface area contributed by atoms with Crippen LogP contribution in [0.25, 0.3) is 0 Å². The molecule has 1 heterocycles. The first-order chi connectivity index (χ1) is 18.8. The van der Waals surface area contributed by atoms with E-state index in [1.54, 1.807) is 39.8 Å². The molecule has 1 amide bonds. The highest BCUT2D eigenvalue weighted by molar-refractivity contribution is 7.09. The van der Waals surface area contributed by atoms with Crippen LogP contribution < -0.4 is 0 Å². The Kier molecular flexibility index (Phi) is 12.9. The van der Waals surface area contributed by atoms with E-state index in [1.165, 1.54) is 17.5 Å². The number of aliphatic hydroxyl groups excluding tert-OH is 1. The van der Waals surface area contributed by atoms with Crippen LogP contribution in [0.5, 0.6) is 0 Å². The highest BCUT2D eigenvalue weighted by Crippen LogP contribution is 2.29. The first-order valence-corrected chi connectivity index (χ1v) is 14.0. The Morgan fingerprint density at radius 2 is 1.85 bits per heavy atom. The molecule has 2 aromatic rings. The summed E-state index contributed by atoms with van der Waals surface area (Å²) in [5.74, 6) is -0.683. The molecule has 40 heavy (non-hydrogen) atoms. The highest BCUT2D eigenvalue weighted by atomic mass is 32.1. The molecule has 0 spiro atoms. The third-order valence-electron chi connectivity index (χ3n) is 5.48. The maximum absolute atomic E-state index is 13.1. The van der Waals surface area contributed by atoms with E-state index < -0.39 is 34.7 Å². The third kappa shape index (κ3) is 10.8. The fraction of sp³-hybridized carbons (Fsp3) is 0.593. The zero-order valence-corrected chi connectivity index (χ0v) is 24.6. The van der Waals surface area contributed by atoms with Crippen LogP contribution in [0.3, 0.4) is 0 Å². The molecule has 0 aliphatic heterocycles. The van der Waals surface area contributed by atoms with E-state index in [0.717, 1.165) is 22.0 Å². The van der Waals surface area contributed by atoms with Gasteiger partial charge in [0, 0.05) is 30.5 Å². The molecule has 13 heteroatoms. The number of non-ortho nitro benzene ring substituents is 1. The molecule has 2 rings (SSSR count). The second-order valence-electron chi connectivity index (χ2n) is 10.3. The van der Waals surface area contributed by atoms with Crippen molar-refractivity contribution in [2.45, 2.75) is 78.7 Å². The molecule has 0 saturated carbocycles. The number of hydroxylamine groups is 2. The second-order valence-corrected chi connectivity index (χ2v) is 11.2. The number of nitro benzene ring substituents is 1. The van der Waals surface area contributed by atoms with Gasteiger partial charge in [-0.05, 0) is 57.7 Å². The van der Waals surface area contributed by atoms with E-state index >= 15 is 0 Å². The standard InChI is InChI=1S/C27H39N3O9S/c1-7-37-25(32)21-17-40-24(28-21)23(31)15-22(18(2)3)29(26(33)39-27(4,5)6)38-14-8-13-36-16-19-9-11-20(12-10-19)30(34)35/h9-12,17-18,22-23,31H,7-8,13-16H2,1-6H3/t22-,23-/m1/s1. The molecule has 12 nitrogen and oxygen atoms in total. The number of hydrogen-bond acceptors (Lipinski definition) is 11. The highest BCUT2D eigenvalue weighted by Gasteiger charge is 2.34. The molecule has 1 aromatic heterocycles. The Hall–Kier alpha value is -3.13. The molecule has 1 N–H and O–H groups in total. The maximum Gasteiger partial charge on any atom is 0.434 e. The molecule has 0 radical (unpaired) electrons. The predicted molar refractivity (Wildman–Crippen MR) is 148 cm³/mol.